The summed E-state index contributed by atoms with van der Waals surface area (Å²) < 4.78 is 0. The number of fused-ring (bicyclic) bond motifs is 3. The van der Waals surface area contributed by atoms with Crippen molar-refractivity contribution < 1.29 is 4.79 Å². The van der Waals surface area contributed by atoms with E-state index in [0.717, 1.165) is 18.3 Å². The zero-order valence-corrected chi connectivity index (χ0v) is 9.81. The number of hydrogen-bond donors (Lipinski definition) is 0. The maximum atomic E-state index is 10.8. The molecule has 0 saturated heterocycles. The fourth-order valence-electron chi connectivity index (χ4n) is 2.53. The molecule has 0 saturated carbocycles. The van der Waals surface area contributed by atoms with E-state index in [9.17, 15) is 4.79 Å². The van der Waals surface area contributed by atoms with E-state index < -0.39 is 0 Å². The van der Waals surface area contributed by atoms with E-state index >= 15 is 0 Å². The minimum absolute atomic E-state index is 0.0102. The number of rotatable bonds is 2. The van der Waals surface area contributed by atoms with Crippen molar-refractivity contribution in [1.82, 2.24) is 0 Å². The molecule has 1 atom stereocenters. The predicted octanol–water partition coefficient (Wildman–Crippen LogP) is 3.56. The van der Waals surface area contributed by atoms with Gasteiger partial charge >= 0.3 is 0 Å². The Kier molecular flexibility index (Phi) is 2.32. The molecule has 1 aliphatic rings. The average molecular weight is 222 g/mol. The van der Waals surface area contributed by atoms with Gasteiger partial charge < -0.3 is 4.79 Å². The second-order valence-electron chi connectivity index (χ2n) is 4.68. The minimum Gasteiger partial charge on any atom is -0.303 e. The third-order valence-corrected chi connectivity index (χ3v) is 3.55. The lowest BCUT2D eigenvalue weighted by Gasteiger charge is -2.07. The molecule has 1 nitrogen and oxygen atoms in total. The highest BCUT2D eigenvalue weighted by molar-refractivity contribution is 5.77. The molecule has 0 radical (unpaired) electrons. The summed E-state index contributed by atoms with van der Waals surface area (Å²) in [6, 6.07) is 14.9. The van der Waals surface area contributed by atoms with Crippen LogP contribution in [0, 0.1) is 0 Å². The number of carbonyl (C=O) groups excluding carboxylic acids is 1. The highest BCUT2D eigenvalue weighted by Gasteiger charge is 2.18. The van der Waals surface area contributed by atoms with Crippen LogP contribution >= 0.6 is 0 Å². The second-order valence-corrected chi connectivity index (χ2v) is 4.68. The van der Waals surface area contributed by atoms with Crippen molar-refractivity contribution in [3.8, 4) is 11.1 Å². The molecule has 0 unspecified atom stereocenters. The Balaban J connectivity index is 2.10. The molecule has 0 heterocycles. The lowest BCUT2D eigenvalue weighted by atomic mass is 9.97. The number of aldehydes is 1. The molecule has 0 N–H and O–H groups in total. The highest BCUT2D eigenvalue weighted by Crippen LogP contribution is 2.37. The van der Waals surface area contributed by atoms with E-state index in [1.807, 2.05) is 6.92 Å². The van der Waals surface area contributed by atoms with Crippen molar-refractivity contribution >= 4 is 6.29 Å². The van der Waals surface area contributed by atoms with Crippen LogP contribution in [0.15, 0.2) is 42.5 Å². The topological polar surface area (TPSA) is 17.1 Å². The fourth-order valence-corrected chi connectivity index (χ4v) is 2.53. The molecule has 2 aromatic carbocycles. The third-order valence-electron chi connectivity index (χ3n) is 3.55. The number of benzene rings is 2. The summed E-state index contributed by atoms with van der Waals surface area (Å²) in [7, 11) is 0. The Hall–Kier alpha value is -1.89. The van der Waals surface area contributed by atoms with Crippen LogP contribution in [-0.2, 0) is 11.2 Å². The van der Waals surface area contributed by atoms with Gasteiger partial charge in [-0.15, -0.1) is 0 Å². The molecule has 17 heavy (non-hydrogen) atoms. The van der Waals surface area contributed by atoms with Crippen LogP contribution in [0.3, 0.4) is 0 Å². The van der Waals surface area contributed by atoms with Gasteiger partial charge in [0.1, 0.15) is 6.29 Å². The molecule has 2 aromatic rings. The third kappa shape index (κ3) is 1.59. The highest BCUT2D eigenvalue weighted by atomic mass is 16.1. The Morgan fingerprint density at radius 2 is 1.82 bits per heavy atom. The van der Waals surface area contributed by atoms with Crippen molar-refractivity contribution in [1.29, 1.82) is 0 Å². The normalized spacial score (nSPS) is 13.9. The van der Waals surface area contributed by atoms with E-state index in [0.29, 0.717) is 0 Å². The van der Waals surface area contributed by atoms with Gasteiger partial charge in [0.05, 0.1) is 0 Å². The minimum atomic E-state index is -0.0102. The van der Waals surface area contributed by atoms with Crippen molar-refractivity contribution in [2.45, 2.75) is 19.3 Å². The van der Waals surface area contributed by atoms with Gasteiger partial charge in [-0.3, -0.25) is 0 Å². The Labute approximate surface area is 101 Å². The average Bonchev–Trinajstić information content (AvgIpc) is 2.75. The van der Waals surface area contributed by atoms with Crippen molar-refractivity contribution in [2.75, 3.05) is 0 Å². The molecule has 1 aliphatic carbocycles. The SMILES string of the molecule is C[C@H](C=O)c1ccc2c(c1)Cc1ccccc1-2. The molecule has 0 spiro atoms. The molecule has 1 heteroatoms. The van der Waals surface area contributed by atoms with Crippen LogP contribution in [0.4, 0.5) is 0 Å². The van der Waals surface area contributed by atoms with Gasteiger partial charge in [-0.2, -0.15) is 0 Å². The van der Waals surface area contributed by atoms with Gasteiger partial charge in [-0.05, 0) is 34.2 Å². The Bertz CT molecular complexity index is 584. The van der Waals surface area contributed by atoms with Crippen molar-refractivity contribution in [3.63, 3.8) is 0 Å². The smallest absolute Gasteiger partial charge is 0.127 e. The molecule has 0 bridgehead atoms. The molecule has 0 amide bonds. The first-order valence-electron chi connectivity index (χ1n) is 5.96. The van der Waals surface area contributed by atoms with E-state index in [4.69, 9.17) is 0 Å². The summed E-state index contributed by atoms with van der Waals surface area (Å²) in [4.78, 5) is 10.8. The van der Waals surface area contributed by atoms with E-state index in [1.54, 1.807) is 0 Å². The lowest BCUT2D eigenvalue weighted by molar-refractivity contribution is -0.108. The summed E-state index contributed by atoms with van der Waals surface area (Å²) in [5.41, 5.74) is 6.51. The lowest BCUT2D eigenvalue weighted by Crippen LogP contribution is -1.95. The second kappa shape index (κ2) is 3.85. The summed E-state index contributed by atoms with van der Waals surface area (Å²) in [5.74, 6) is -0.0102. The maximum Gasteiger partial charge on any atom is 0.127 e. The van der Waals surface area contributed by atoms with E-state index in [1.165, 1.54) is 22.3 Å². The monoisotopic (exact) mass is 222 g/mol. The zero-order valence-electron chi connectivity index (χ0n) is 9.81. The van der Waals surface area contributed by atoms with Crippen LogP contribution in [0.1, 0.15) is 29.5 Å². The first-order valence-corrected chi connectivity index (χ1v) is 5.96. The van der Waals surface area contributed by atoms with E-state index in [-0.39, 0.29) is 5.92 Å². The van der Waals surface area contributed by atoms with Gasteiger partial charge in [0.15, 0.2) is 0 Å². The van der Waals surface area contributed by atoms with Gasteiger partial charge in [0.2, 0.25) is 0 Å². The van der Waals surface area contributed by atoms with Gasteiger partial charge in [0.25, 0.3) is 0 Å². The molecule has 3 rings (SSSR count). The van der Waals surface area contributed by atoms with Crippen LogP contribution in [0.25, 0.3) is 11.1 Å². The summed E-state index contributed by atoms with van der Waals surface area (Å²) in [6.45, 7) is 1.94. The molecular weight excluding hydrogens is 208 g/mol. The Morgan fingerprint density at radius 1 is 1.06 bits per heavy atom. The number of carbonyl (C=O) groups is 1. The predicted molar refractivity (Wildman–Crippen MR) is 69.2 cm³/mol. The molecule has 0 aliphatic heterocycles. The van der Waals surface area contributed by atoms with Crippen LogP contribution < -0.4 is 0 Å². The first-order chi connectivity index (χ1) is 8.29. The zero-order chi connectivity index (χ0) is 11.8. The van der Waals surface area contributed by atoms with E-state index in [2.05, 4.69) is 42.5 Å². The largest absolute Gasteiger partial charge is 0.303 e. The quantitative estimate of drug-likeness (QED) is 0.606. The molecule has 0 aromatic heterocycles. The Morgan fingerprint density at radius 3 is 2.65 bits per heavy atom. The van der Waals surface area contributed by atoms with Crippen molar-refractivity contribution in [2.24, 2.45) is 0 Å². The first kappa shape index (κ1) is 10.3. The summed E-state index contributed by atoms with van der Waals surface area (Å²) in [6.07, 6.45) is 1.99. The van der Waals surface area contributed by atoms with Crippen LogP contribution in [0.2, 0.25) is 0 Å². The fraction of sp³-hybridized carbons (Fsp3) is 0.188. The van der Waals surface area contributed by atoms with Crippen LogP contribution in [0.5, 0.6) is 0 Å². The summed E-state index contributed by atoms with van der Waals surface area (Å²) in [5, 5.41) is 0. The van der Waals surface area contributed by atoms with Gasteiger partial charge in [0, 0.05) is 5.92 Å². The molecular formula is C16H14O. The molecule has 84 valence electrons. The maximum absolute atomic E-state index is 10.8. The van der Waals surface area contributed by atoms with Gasteiger partial charge in [-0.25, -0.2) is 0 Å². The van der Waals surface area contributed by atoms with Gasteiger partial charge in [-0.1, -0.05) is 49.4 Å². The summed E-state index contributed by atoms with van der Waals surface area (Å²) >= 11 is 0. The standard InChI is InChI=1S/C16H14O/c1-11(10-17)12-6-7-16-14(8-12)9-13-4-2-3-5-15(13)16/h2-8,10-11H,9H2,1H3/t11-/m1/s1. The molecule has 0 fully saturated rings. The number of hydrogen-bond acceptors (Lipinski definition) is 1. The van der Waals surface area contributed by atoms with Crippen LogP contribution in [-0.4, -0.2) is 6.29 Å². The van der Waals surface area contributed by atoms with Crippen molar-refractivity contribution in [3.05, 3.63) is 59.2 Å².